The fourth-order valence-electron chi connectivity index (χ4n) is 2.37. The van der Waals surface area contributed by atoms with Crippen molar-refractivity contribution in [1.29, 1.82) is 0 Å². The first-order valence-electron chi connectivity index (χ1n) is 8.34. The van der Waals surface area contributed by atoms with E-state index in [2.05, 4.69) is 35.9 Å². The Labute approximate surface area is 152 Å². The van der Waals surface area contributed by atoms with Gasteiger partial charge in [-0.15, -0.1) is 0 Å². The second kappa shape index (κ2) is 6.99. The molecule has 0 fully saturated rings. The Morgan fingerprint density at radius 3 is 2.58 bits per heavy atom. The van der Waals surface area contributed by atoms with Crippen LogP contribution < -0.4 is 10.6 Å². The summed E-state index contributed by atoms with van der Waals surface area (Å²) in [4.78, 5) is 24.0. The first-order valence-corrected chi connectivity index (χ1v) is 8.34. The molecule has 8 nitrogen and oxygen atoms in total. The Hall–Kier alpha value is -3.16. The number of hydrogen-bond donors (Lipinski definition) is 1. The summed E-state index contributed by atoms with van der Waals surface area (Å²) in [6.45, 7) is 6.37. The summed E-state index contributed by atoms with van der Waals surface area (Å²) in [6.07, 6.45) is 10.0. The van der Waals surface area contributed by atoms with Gasteiger partial charge in [0, 0.05) is 43.0 Å². The third-order valence-electron chi connectivity index (χ3n) is 3.86. The highest BCUT2D eigenvalue weighted by molar-refractivity contribution is 5.79. The number of anilines is 2. The fourth-order valence-corrected chi connectivity index (χ4v) is 2.37. The topological polar surface area (TPSA) is 101 Å². The molecular weight excluding hydrogens is 332 g/mol. The van der Waals surface area contributed by atoms with E-state index in [1.807, 2.05) is 6.07 Å². The average molecular weight is 354 g/mol. The smallest absolute Gasteiger partial charge is 0.319 e. The Morgan fingerprint density at radius 1 is 1.23 bits per heavy atom. The molecule has 2 N–H and O–H groups in total. The Morgan fingerprint density at radius 2 is 1.96 bits per heavy atom. The van der Waals surface area contributed by atoms with Crippen molar-refractivity contribution in [2.45, 2.75) is 33.6 Å². The molecule has 2 aromatic rings. The number of carbonyl (C=O) groups is 1. The molecule has 0 saturated heterocycles. The summed E-state index contributed by atoms with van der Waals surface area (Å²) in [7, 11) is 0. The average Bonchev–Trinajstić information content (AvgIpc) is 3.06. The fraction of sp³-hybridized carbons (Fsp3) is 0.333. The number of hydrogen-bond acceptors (Lipinski definition) is 7. The molecule has 0 aliphatic carbocycles. The number of nitrogen functional groups attached to an aromatic ring is 1. The molecule has 1 aliphatic heterocycles. The third kappa shape index (κ3) is 4.27. The van der Waals surface area contributed by atoms with E-state index in [0.29, 0.717) is 18.1 Å². The highest BCUT2D eigenvalue weighted by Gasteiger charge is 2.17. The molecule has 3 heterocycles. The maximum Gasteiger partial charge on any atom is 0.319 e. The van der Waals surface area contributed by atoms with E-state index in [0.717, 1.165) is 12.0 Å². The molecule has 2 aromatic heterocycles. The summed E-state index contributed by atoms with van der Waals surface area (Å²) < 4.78 is 4.80. The number of nitrogens with zero attached hydrogens (tertiary/aromatic N) is 5. The van der Waals surface area contributed by atoms with E-state index in [-0.39, 0.29) is 17.3 Å². The van der Waals surface area contributed by atoms with Crippen LogP contribution in [0, 0.1) is 5.41 Å². The van der Waals surface area contributed by atoms with Gasteiger partial charge in [0.2, 0.25) is 11.7 Å². The van der Waals surface area contributed by atoms with Gasteiger partial charge in [-0.2, -0.15) is 4.98 Å². The van der Waals surface area contributed by atoms with Crippen LogP contribution in [0.4, 0.5) is 11.8 Å². The zero-order valence-electron chi connectivity index (χ0n) is 15.1. The first kappa shape index (κ1) is 17.7. The molecule has 3 rings (SSSR count). The minimum Gasteiger partial charge on any atom is -0.351 e. The number of nitrogens with two attached hydrogens (primary N) is 1. The number of carbonyl (C=O) groups excluding carboxylic acids is 1. The van der Waals surface area contributed by atoms with Crippen molar-refractivity contribution in [3.8, 4) is 11.4 Å². The predicted octanol–water partition coefficient (Wildman–Crippen LogP) is 3.13. The first-order chi connectivity index (χ1) is 12.3. The zero-order chi connectivity index (χ0) is 18.7. The van der Waals surface area contributed by atoms with Gasteiger partial charge in [-0.3, -0.25) is 9.69 Å². The lowest BCUT2D eigenvalue weighted by molar-refractivity contribution is -0.127. The largest absolute Gasteiger partial charge is 0.351 e. The monoisotopic (exact) mass is 354 g/mol. The van der Waals surface area contributed by atoms with Gasteiger partial charge in [0.1, 0.15) is 5.82 Å². The molecule has 0 spiro atoms. The Bertz CT molecular complexity index is 835. The van der Waals surface area contributed by atoms with Crippen molar-refractivity contribution in [3.05, 3.63) is 43.1 Å². The van der Waals surface area contributed by atoms with Crippen LogP contribution in [-0.4, -0.2) is 25.9 Å². The van der Waals surface area contributed by atoms with Gasteiger partial charge >= 0.3 is 6.01 Å². The van der Waals surface area contributed by atoms with E-state index >= 15 is 0 Å². The van der Waals surface area contributed by atoms with E-state index in [9.17, 15) is 4.79 Å². The van der Waals surface area contributed by atoms with Gasteiger partial charge in [-0.1, -0.05) is 25.9 Å². The van der Waals surface area contributed by atoms with Crippen LogP contribution >= 0.6 is 0 Å². The molecule has 0 radical (unpaired) electrons. The summed E-state index contributed by atoms with van der Waals surface area (Å²) in [5.41, 5.74) is 6.34. The van der Waals surface area contributed by atoms with Gasteiger partial charge in [0.25, 0.3) is 0 Å². The van der Waals surface area contributed by atoms with Crippen LogP contribution in [0.3, 0.4) is 0 Å². The zero-order valence-corrected chi connectivity index (χ0v) is 15.1. The lowest BCUT2D eigenvalue weighted by atomic mass is 9.90. The number of pyridine rings is 1. The molecule has 0 saturated carbocycles. The molecule has 1 aliphatic rings. The van der Waals surface area contributed by atoms with Crippen molar-refractivity contribution in [2.24, 2.45) is 5.41 Å². The van der Waals surface area contributed by atoms with Crippen LogP contribution in [0.1, 0.15) is 33.6 Å². The molecule has 136 valence electrons. The third-order valence-corrected chi connectivity index (χ3v) is 3.86. The summed E-state index contributed by atoms with van der Waals surface area (Å²) in [5, 5.41) is 3.80. The lowest BCUT2D eigenvalue weighted by Gasteiger charge is -2.24. The predicted molar refractivity (Wildman–Crippen MR) is 98.2 cm³/mol. The molecule has 1 amide bonds. The molecule has 26 heavy (non-hydrogen) atoms. The number of amides is 1. The van der Waals surface area contributed by atoms with Crippen molar-refractivity contribution in [1.82, 2.24) is 20.0 Å². The van der Waals surface area contributed by atoms with Crippen LogP contribution in [-0.2, 0) is 4.79 Å². The quantitative estimate of drug-likeness (QED) is 0.900. The maximum absolute atomic E-state index is 12.3. The van der Waals surface area contributed by atoms with Gasteiger partial charge in [-0.05, 0) is 24.0 Å². The summed E-state index contributed by atoms with van der Waals surface area (Å²) in [6, 6.07) is 3.60. The summed E-state index contributed by atoms with van der Waals surface area (Å²) in [5.74, 6) is 1.13. The van der Waals surface area contributed by atoms with Crippen LogP contribution in [0.25, 0.3) is 11.4 Å². The second-order valence-electron chi connectivity index (χ2n) is 7.22. The SMILES string of the molecule is CC(C)(C)CCC(=O)N1C=CN(c2cc(-c3noc(N)n3)ccn2)C=C1. The molecule has 0 unspecified atom stereocenters. The van der Waals surface area contributed by atoms with Gasteiger partial charge in [0.15, 0.2) is 0 Å². The molecule has 0 aromatic carbocycles. The minimum atomic E-state index is 0.0144. The standard InChI is InChI=1S/C18H22N6O2/c1-18(2,3)6-4-15(25)24-10-8-23(9-11-24)14-12-13(5-7-20-14)16-21-17(19)26-22-16/h5,7-12H,4,6H2,1-3H3,(H2,19,21,22). The lowest BCUT2D eigenvalue weighted by Crippen LogP contribution is -2.26. The molecule has 0 atom stereocenters. The van der Waals surface area contributed by atoms with E-state index in [1.165, 1.54) is 0 Å². The van der Waals surface area contributed by atoms with Crippen LogP contribution in [0.2, 0.25) is 0 Å². The highest BCUT2D eigenvalue weighted by atomic mass is 16.5. The highest BCUT2D eigenvalue weighted by Crippen LogP contribution is 2.24. The van der Waals surface area contributed by atoms with E-state index in [4.69, 9.17) is 10.3 Å². The van der Waals surface area contributed by atoms with Crippen molar-refractivity contribution < 1.29 is 9.32 Å². The molecule has 8 heteroatoms. The van der Waals surface area contributed by atoms with Gasteiger partial charge in [-0.25, -0.2) is 4.98 Å². The van der Waals surface area contributed by atoms with Crippen molar-refractivity contribution in [2.75, 3.05) is 10.6 Å². The van der Waals surface area contributed by atoms with Gasteiger partial charge < -0.3 is 15.2 Å². The van der Waals surface area contributed by atoms with Gasteiger partial charge in [0.05, 0.1) is 0 Å². The summed E-state index contributed by atoms with van der Waals surface area (Å²) >= 11 is 0. The van der Waals surface area contributed by atoms with Crippen molar-refractivity contribution >= 4 is 17.7 Å². The Kier molecular flexibility index (Phi) is 4.75. The number of aromatic nitrogens is 3. The molecular formula is C18H22N6O2. The van der Waals surface area contributed by atoms with Crippen LogP contribution in [0.15, 0.2) is 47.7 Å². The minimum absolute atomic E-state index is 0.0144. The maximum atomic E-state index is 12.3. The number of rotatable bonds is 4. The van der Waals surface area contributed by atoms with E-state index < -0.39 is 0 Å². The van der Waals surface area contributed by atoms with Crippen molar-refractivity contribution in [3.63, 3.8) is 0 Å². The Balaban J connectivity index is 1.68. The second-order valence-corrected chi connectivity index (χ2v) is 7.22. The van der Waals surface area contributed by atoms with Crippen LogP contribution in [0.5, 0.6) is 0 Å². The van der Waals surface area contributed by atoms with E-state index in [1.54, 1.807) is 46.9 Å². The molecule has 0 bridgehead atoms. The normalized spacial score (nSPS) is 14.1.